The maximum atomic E-state index is 12.6. The first-order chi connectivity index (χ1) is 12.1. The van der Waals surface area contributed by atoms with Crippen LogP contribution in [0.1, 0.15) is 29.3 Å². The summed E-state index contributed by atoms with van der Waals surface area (Å²) < 4.78 is 0. The van der Waals surface area contributed by atoms with E-state index in [1.807, 2.05) is 37.3 Å². The van der Waals surface area contributed by atoms with E-state index < -0.39 is 0 Å². The van der Waals surface area contributed by atoms with Crippen molar-refractivity contribution < 1.29 is 4.79 Å². The number of nitrogens with zero attached hydrogens (tertiary/aromatic N) is 1. The van der Waals surface area contributed by atoms with Crippen LogP contribution in [-0.4, -0.2) is 22.1 Å². The van der Waals surface area contributed by atoms with Crippen molar-refractivity contribution in [3.63, 3.8) is 0 Å². The molecule has 1 heterocycles. The molecule has 128 valence electrons. The molecule has 0 fully saturated rings. The zero-order valence-corrected chi connectivity index (χ0v) is 14.8. The molecule has 1 amide bonds. The smallest absolute Gasteiger partial charge is 0.255 e. The lowest BCUT2D eigenvalue weighted by molar-refractivity contribution is 0.0939. The summed E-state index contributed by atoms with van der Waals surface area (Å²) in [5.74, 6) is -0.126. The molecule has 0 unspecified atom stereocenters. The Morgan fingerprint density at radius 3 is 2.60 bits per heavy atom. The Kier molecular flexibility index (Phi) is 5.51. The average molecular weight is 354 g/mol. The minimum absolute atomic E-state index is 0.0701. The zero-order valence-electron chi connectivity index (χ0n) is 14.0. The number of rotatable bonds is 6. The fourth-order valence-corrected chi connectivity index (χ4v) is 2.82. The van der Waals surface area contributed by atoms with Gasteiger partial charge >= 0.3 is 0 Å². The highest BCUT2D eigenvalue weighted by atomic mass is 35.5. The van der Waals surface area contributed by atoms with Crippen molar-refractivity contribution in [2.45, 2.75) is 25.8 Å². The standard InChI is InChI=1S/C20H20ClN3O/c1-14(7-8-15-5-3-2-4-6-15)23-20(25)18-13-22-24-19(18)16-9-11-17(21)12-10-16/h2-6,9-14H,7-8H2,1H3,(H,22,24)(H,23,25)/t14-/m1/s1. The van der Waals surface area contributed by atoms with E-state index in [0.29, 0.717) is 16.3 Å². The number of nitrogens with one attached hydrogen (secondary N) is 2. The van der Waals surface area contributed by atoms with Crippen molar-refractivity contribution in [1.82, 2.24) is 15.5 Å². The molecule has 1 atom stereocenters. The number of hydrogen-bond donors (Lipinski definition) is 2. The Morgan fingerprint density at radius 2 is 1.88 bits per heavy atom. The van der Waals surface area contributed by atoms with E-state index in [9.17, 15) is 4.79 Å². The van der Waals surface area contributed by atoms with Crippen LogP contribution >= 0.6 is 11.6 Å². The van der Waals surface area contributed by atoms with E-state index in [0.717, 1.165) is 18.4 Å². The van der Waals surface area contributed by atoms with E-state index in [2.05, 4.69) is 27.6 Å². The third-order valence-corrected chi connectivity index (χ3v) is 4.36. The Bertz CT molecular complexity index is 828. The van der Waals surface area contributed by atoms with Gasteiger partial charge in [-0.3, -0.25) is 9.89 Å². The lowest BCUT2D eigenvalue weighted by atomic mass is 10.0. The van der Waals surface area contributed by atoms with Gasteiger partial charge in [-0.1, -0.05) is 54.1 Å². The highest BCUT2D eigenvalue weighted by molar-refractivity contribution is 6.30. The number of H-pyrrole nitrogens is 1. The first-order valence-electron chi connectivity index (χ1n) is 8.27. The minimum atomic E-state index is -0.126. The summed E-state index contributed by atoms with van der Waals surface area (Å²) in [5.41, 5.74) is 3.39. The van der Waals surface area contributed by atoms with E-state index in [4.69, 9.17) is 11.6 Å². The number of aromatic amines is 1. The summed E-state index contributed by atoms with van der Waals surface area (Å²) in [5, 5.41) is 10.6. The maximum absolute atomic E-state index is 12.6. The van der Waals surface area contributed by atoms with Gasteiger partial charge in [0.25, 0.3) is 5.91 Å². The third-order valence-electron chi connectivity index (χ3n) is 4.10. The molecule has 1 aromatic heterocycles. The van der Waals surface area contributed by atoms with Crippen LogP contribution in [0.2, 0.25) is 5.02 Å². The largest absolute Gasteiger partial charge is 0.349 e. The third kappa shape index (κ3) is 4.48. The number of aromatic nitrogens is 2. The molecule has 25 heavy (non-hydrogen) atoms. The molecule has 2 aromatic carbocycles. The monoisotopic (exact) mass is 353 g/mol. The molecule has 0 bridgehead atoms. The average Bonchev–Trinajstić information content (AvgIpc) is 3.11. The SMILES string of the molecule is C[C@H](CCc1ccccc1)NC(=O)c1cn[nH]c1-c1ccc(Cl)cc1. The second-order valence-corrected chi connectivity index (χ2v) is 6.50. The Morgan fingerprint density at radius 1 is 1.16 bits per heavy atom. The van der Waals surface area contributed by atoms with Gasteiger partial charge in [-0.05, 0) is 37.5 Å². The van der Waals surface area contributed by atoms with Crippen LogP contribution in [0.25, 0.3) is 11.3 Å². The number of halogens is 1. The predicted molar refractivity (Wildman–Crippen MR) is 101 cm³/mol. The van der Waals surface area contributed by atoms with Gasteiger partial charge in [0.05, 0.1) is 17.5 Å². The van der Waals surface area contributed by atoms with Crippen LogP contribution < -0.4 is 5.32 Å². The Hall–Kier alpha value is -2.59. The Balaban J connectivity index is 1.63. The highest BCUT2D eigenvalue weighted by Gasteiger charge is 2.17. The van der Waals surface area contributed by atoms with E-state index in [1.165, 1.54) is 5.56 Å². The van der Waals surface area contributed by atoms with Crippen LogP contribution in [-0.2, 0) is 6.42 Å². The van der Waals surface area contributed by atoms with Crippen molar-refractivity contribution in [3.8, 4) is 11.3 Å². The molecular weight excluding hydrogens is 334 g/mol. The number of carbonyl (C=O) groups excluding carboxylic acids is 1. The first-order valence-corrected chi connectivity index (χ1v) is 8.65. The molecule has 0 aliphatic rings. The summed E-state index contributed by atoms with van der Waals surface area (Å²) >= 11 is 5.92. The van der Waals surface area contributed by atoms with Crippen LogP contribution in [0.5, 0.6) is 0 Å². The molecule has 2 N–H and O–H groups in total. The van der Waals surface area contributed by atoms with E-state index in [1.54, 1.807) is 18.3 Å². The second kappa shape index (κ2) is 7.99. The van der Waals surface area contributed by atoms with E-state index >= 15 is 0 Å². The van der Waals surface area contributed by atoms with Crippen molar-refractivity contribution in [2.24, 2.45) is 0 Å². The van der Waals surface area contributed by atoms with Gasteiger partial charge in [0.15, 0.2) is 0 Å². The molecule has 5 heteroatoms. The molecule has 0 aliphatic carbocycles. The first kappa shape index (κ1) is 17.2. The molecule has 0 spiro atoms. The van der Waals surface area contributed by atoms with Crippen molar-refractivity contribution in [2.75, 3.05) is 0 Å². The molecule has 3 aromatic rings. The lowest BCUT2D eigenvalue weighted by Gasteiger charge is -2.14. The molecule has 4 nitrogen and oxygen atoms in total. The second-order valence-electron chi connectivity index (χ2n) is 6.06. The van der Waals surface area contributed by atoms with Gasteiger partial charge in [0, 0.05) is 16.6 Å². The molecule has 0 aliphatic heterocycles. The van der Waals surface area contributed by atoms with Crippen molar-refractivity contribution in [3.05, 3.63) is 76.9 Å². The molecular formula is C20H20ClN3O. The van der Waals surface area contributed by atoms with Gasteiger partial charge in [-0.25, -0.2) is 0 Å². The van der Waals surface area contributed by atoms with E-state index in [-0.39, 0.29) is 11.9 Å². The molecule has 0 saturated carbocycles. The van der Waals surface area contributed by atoms with Crippen molar-refractivity contribution >= 4 is 17.5 Å². The van der Waals surface area contributed by atoms with Gasteiger partial charge < -0.3 is 5.32 Å². The quantitative estimate of drug-likeness (QED) is 0.686. The summed E-state index contributed by atoms with van der Waals surface area (Å²) in [7, 11) is 0. The van der Waals surface area contributed by atoms with Gasteiger partial charge in [0.2, 0.25) is 0 Å². The summed E-state index contributed by atoms with van der Waals surface area (Å²) in [4.78, 5) is 12.6. The minimum Gasteiger partial charge on any atom is -0.349 e. The molecule has 0 saturated heterocycles. The number of benzene rings is 2. The normalized spacial score (nSPS) is 11.9. The fourth-order valence-electron chi connectivity index (χ4n) is 2.70. The Labute approximate surface area is 152 Å². The van der Waals surface area contributed by atoms with Crippen molar-refractivity contribution in [1.29, 1.82) is 0 Å². The summed E-state index contributed by atoms with van der Waals surface area (Å²) in [6.45, 7) is 2.02. The number of aryl methyl sites for hydroxylation is 1. The zero-order chi connectivity index (χ0) is 17.6. The van der Waals surface area contributed by atoms with Crippen LogP contribution in [0.15, 0.2) is 60.8 Å². The van der Waals surface area contributed by atoms with Crippen LogP contribution in [0.4, 0.5) is 0 Å². The molecule has 0 radical (unpaired) electrons. The highest BCUT2D eigenvalue weighted by Crippen LogP contribution is 2.23. The number of hydrogen-bond acceptors (Lipinski definition) is 2. The van der Waals surface area contributed by atoms with Crippen LogP contribution in [0, 0.1) is 0 Å². The lowest BCUT2D eigenvalue weighted by Crippen LogP contribution is -2.33. The fraction of sp³-hybridized carbons (Fsp3) is 0.200. The maximum Gasteiger partial charge on any atom is 0.255 e. The van der Waals surface area contributed by atoms with Gasteiger partial charge in [0.1, 0.15) is 0 Å². The van der Waals surface area contributed by atoms with Crippen LogP contribution in [0.3, 0.4) is 0 Å². The number of amides is 1. The summed E-state index contributed by atoms with van der Waals surface area (Å²) in [6, 6.07) is 17.7. The van der Waals surface area contributed by atoms with Gasteiger partial charge in [-0.15, -0.1) is 0 Å². The topological polar surface area (TPSA) is 57.8 Å². The van der Waals surface area contributed by atoms with Gasteiger partial charge in [-0.2, -0.15) is 5.10 Å². The molecule has 3 rings (SSSR count). The predicted octanol–water partition coefficient (Wildman–Crippen LogP) is 4.48. The number of carbonyl (C=O) groups is 1. The summed E-state index contributed by atoms with van der Waals surface area (Å²) in [6.07, 6.45) is 3.37.